The van der Waals surface area contributed by atoms with Crippen LogP contribution < -0.4 is 9.47 Å². The summed E-state index contributed by atoms with van der Waals surface area (Å²) in [4.78, 5) is 14.8. The summed E-state index contributed by atoms with van der Waals surface area (Å²) in [6.45, 7) is 2.45. The van der Waals surface area contributed by atoms with Crippen molar-refractivity contribution in [1.29, 1.82) is 0 Å². The normalized spacial score (nSPS) is 11.5. The molecule has 2 heterocycles. The Labute approximate surface area is 201 Å². The maximum atomic E-state index is 12.8. The Balaban J connectivity index is 1.64. The Morgan fingerprint density at radius 1 is 1.11 bits per heavy atom. The summed E-state index contributed by atoms with van der Waals surface area (Å²) in [5.74, 6) is 0.648. The smallest absolute Gasteiger partial charge is 0.417 e. The van der Waals surface area contributed by atoms with Gasteiger partial charge in [-0.05, 0) is 61.1 Å². The second-order valence-corrected chi connectivity index (χ2v) is 8.06. The highest BCUT2D eigenvalue weighted by molar-refractivity contribution is 5.67. The number of carboxylic acid groups (broad SMARTS) is 1. The number of carbonyl (C=O) groups is 1. The Morgan fingerprint density at radius 2 is 1.89 bits per heavy atom. The number of pyridine rings is 1. The fourth-order valence-electron chi connectivity index (χ4n) is 3.59. The van der Waals surface area contributed by atoms with E-state index in [9.17, 15) is 18.0 Å². The SMILES string of the molecule is CCCc1nn(-c2ccc(C(F)(F)F)cn2)cc1CCCOc1cc(CCC(=O)O)cc(OC)c1. The zero-order chi connectivity index (χ0) is 25.4. The topological polar surface area (TPSA) is 86.5 Å². The van der Waals surface area contributed by atoms with Gasteiger partial charge in [0.2, 0.25) is 0 Å². The Kier molecular flexibility index (Phi) is 8.73. The van der Waals surface area contributed by atoms with Gasteiger partial charge < -0.3 is 14.6 Å². The van der Waals surface area contributed by atoms with Crippen LogP contribution in [0.4, 0.5) is 13.2 Å². The Bertz CT molecular complexity index is 1130. The zero-order valence-electron chi connectivity index (χ0n) is 19.6. The van der Waals surface area contributed by atoms with Crippen LogP contribution in [0.15, 0.2) is 42.7 Å². The number of halogens is 3. The first kappa shape index (κ1) is 26.1. The average Bonchev–Trinajstić information content (AvgIpc) is 3.23. The van der Waals surface area contributed by atoms with Crippen LogP contribution in [-0.4, -0.2) is 39.6 Å². The van der Waals surface area contributed by atoms with Crippen molar-refractivity contribution < 1.29 is 32.5 Å². The molecule has 188 valence electrons. The lowest BCUT2D eigenvalue weighted by atomic mass is 10.1. The van der Waals surface area contributed by atoms with E-state index in [1.807, 2.05) is 13.0 Å². The number of aliphatic carboxylic acids is 1. The molecule has 3 rings (SSSR count). The summed E-state index contributed by atoms with van der Waals surface area (Å²) in [5.41, 5.74) is 1.89. The molecule has 35 heavy (non-hydrogen) atoms. The molecule has 0 spiro atoms. The number of nitrogens with zero attached hydrogens (tertiary/aromatic N) is 3. The van der Waals surface area contributed by atoms with Crippen LogP contribution in [0.3, 0.4) is 0 Å². The summed E-state index contributed by atoms with van der Waals surface area (Å²) in [7, 11) is 1.54. The number of ether oxygens (including phenoxy) is 2. The molecule has 0 radical (unpaired) electrons. The maximum absolute atomic E-state index is 12.8. The van der Waals surface area contributed by atoms with Crippen molar-refractivity contribution in [3.8, 4) is 17.3 Å². The minimum absolute atomic E-state index is 0.0184. The average molecular weight is 492 g/mol. The molecule has 0 saturated carbocycles. The second-order valence-electron chi connectivity index (χ2n) is 8.06. The number of alkyl halides is 3. The van der Waals surface area contributed by atoms with Gasteiger partial charge in [-0.2, -0.15) is 18.3 Å². The molecular weight excluding hydrogens is 463 g/mol. The van der Waals surface area contributed by atoms with E-state index < -0.39 is 17.7 Å². The van der Waals surface area contributed by atoms with Gasteiger partial charge in [0.05, 0.1) is 25.0 Å². The molecule has 0 aliphatic heterocycles. The number of hydrogen-bond donors (Lipinski definition) is 1. The molecule has 0 saturated heterocycles. The summed E-state index contributed by atoms with van der Waals surface area (Å²) >= 11 is 0. The van der Waals surface area contributed by atoms with E-state index >= 15 is 0 Å². The highest BCUT2D eigenvalue weighted by Crippen LogP contribution is 2.29. The molecule has 0 atom stereocenters. The van der Waals surface area contributed by atoms with Gasteiger partial charge in [-0.3, -0.25) is 4.79 Å². The molecule has 0 aliphatic carbocycles. The quantitative estimate of drug-likeness (QED) is 0.347. The van der Waals surface area contributed by atoms with Gasteiger partial charge in [0.25, 0.3) is 0 Å². The van der Waals surface area contributed by atoms with E-state index in [-0.39, 0.29) is 6.42 Å². The summed E-state index contributed by atoms with van der Waals surface area (Å²) < 4.78 is 51.1. The molecule has 2 aromatic heterocycles. The summed E-state index contributed by atoms with van der Waals surface area (Å²) in [5, 5.41) is 13.4. The predicted molar refractivity (Wildman–Crippen MR) is 123 cm³/mol. The lowest BCUT2D eigenvalue weighted by Gasteiger charge is -2.10. The molecular formula is C25H28F3N3O4. The molecule has 7 nitrogen and oxygen atoms in total. The van der Waals surface area contributed by atoms with Gasteiger partial charge in [0, 0.05) is 24.9 Å². The molecule has 0 fully saturated rings. The molecule has 3 aromatic rings. The van der Waals surface area contributed by atoms with E-state index in [1.54, 1.807) is 25.4 Å². The van der Waals surface area contributed by atoms with E-state index in [1.165, 1.54) is 10.7 Å². The summed E-state index contributed by atoms with van der Waals surface area (Å²) in [6, 6.07) is 7.65. The van der Waals surface area contributed by atoms with E-state index in [4.69, 9.17) is 14.6 Å². The first-order chi connectivity index (χ1) is 16.7. The highest BCUT2D eigenvalue weighted by atomic mass is 19.4. The lowest BCUT2D eigenvalue weighted by molar-refractivity contribution is -0.138. The Morgan fingerprint density at radius 3 is 2.51 bits per heavy atom. The number of rotatable bonds is 12. The van der Waals surface area contributed by atoms with Crippen LogP contribution >= 0.6 is 0 Å². The standard InChI is InChI=1S/C25H28F3N3O4/c1-3-5-22-18(16-31(30-22)23-9-8-19(15-29-23)25(26,27)28)6-4-11-35-21-13-17(7-10-24(32)33)12-20(14-21)34-2/h8-9,12-16H,3-7,10-11H2,1-2H3,(H,32,33). The van der Waals surface area contributed by atoms with Crippen molar-refractivity contribution >= 4 is 5.97 Å². The second kappa shape index (κ2) is 11.7. The maximum Gasteiger partial charge on any atom is 0.417 e. The minimum Gasteiger partial charge on any atom is -0.497 e. The van der Waals surface area contributed by atoms with Gasteiger partial charge >= 0.3 is 12.1 Å². The van der Waals surface area contributed by atoms with Crippen molar-refractivity contribution in [3.63, 3.8) is 0 Å². The van der Waals surface area contributed by atoms with Gasteiger partial charge in [-0.25, -0.2) is 9.67 Å². The van der Waals surface area contributed by atoms with Crippen LogP contribution in [0.25, 0.3) is 5.82 Å². The van der Waals surface area contributed by atoms with Crippen molar-refractivity contribution in [3.05, 3.63) is 65.1 Å². The van der Waals surface area contributed by atoms with Gasteiger partial charge in [0.15, 0.2) is 5.82 Å². The van der Waals surface area contributed by atoms with Crippen LogP contribution in [0.5, 0.6) is 11.5 Å². The van der Waals surface area contributed by atoms with Crippen molar-refractivity contribution in [2.24, 2.45) is 0 Å². The molecule has 1 N–H and O–H groups in total. The number of aromatic nitrogens is 3. The monoisotopic (exact) mass is 491 g/mol. The minimum atomic E-state index is -4.44. The fourth-order valence-corrected chi connectivity index (χ4v) is 3.59. The third-order valence-corrected chi connectivity index (χ3v) is 5.34. The zero-order valence-corrected chi connectivity index (χ0v) is 19.6. The largest absolute Gasteiger partial charge is 0.497 e. The molecule has 1 aromatic carbocycles. The number of hydrogen-bond acceptors (Lipinski definition) is 5. The summed E-state index contributed by atoms with van der Waals surface area (Å²) in [6.07, 6.45) is 1.55. The number of carboxylic acids is 1. The molecule has 0 aliphatic rings. The van der Waals surface area contributed by atoms with Crippen molar-refractivity contribution in [2.75, 3.05) is 13.7 Å². The number of methoxy groups -OCH3 is 1. The van der Waals surface area contributed by atoms with Gasteiger partial charge in [-0.1, -0.05) is 13.3 Å². The van der Waals surface area contributed by atoms with E-state index in [2.05, 4.69) is 10.1 Å². The van der Waals surface area contributed by atoms with Crippen LogP contribution in [0.1, 0.15) is 48.6 Å². The lowest BCUT2D eigenvalue weighted by Crippen LogP contribution is -2.07. The molecule has 0 unspecified atom stereocenters. The van der Waals surface area contributed by atoms with Crippen LogP contribution in [-0.2, 0) is 30.2 Å². The third kappa shape index (κ3) is 7.46. The molecule has 0 bridgehead atoms. The first-order valence-electron chi connectivity index (χ1n) is 11.3. The number of aryl methyl sites for hydroxylation is 3. The van der Waals surface area contributed by atoms with Gasteiger partial charge in [0.1, 0.15) is 11.5 Å². The first-order valence-corrected chi connectivity index (χ1v) is 11.3. The number of benzene rings is 1. The van der Waals surface area contributed by atoms with Crippen LogP contribution in [0.2, 0.25) is 0 Å². The van der Waals surface area contributed by atoms with E-state index in [0.29, 0.717) is 43.2 Å². The van der Waals surface area contributed by atoms with Crippen LogP contribution in [0, 0.1) is 0 Å². The van der Waals surface area contributed by atoms with E-state index in [0.717, 1.165) is 41.9 Å². The van der Waals surface area contributed by atoms with Gasteiger partial charge in [-0.15, -0.1) is 0 Å². The predicted octanol–water partition coefficient (Wildman–Crippen LogP) is 5.28. The highest BCUT2D eigenvalue weighted by Gasteiger charge is 2.30. The van der Waals surface area contributed by atoms with Crippen molar-refractivity contribution in [2.45, 2.75) is 51.6 Å². The third-order valence-electron chi connectivity index (χ3n) is 5.34. The molecule has 0 amide bonds. The molecule has 10 heteroatoms. The van der Waals surface area contributed by atoms with Crippen molar-refractivity contribution in [1.82, 2.24) is 14.8 Å². The Hall–Kier alpha value is -3.56. The fraction of sp³-hybridized carbons (Fsp3) is 0.400.